The van der Waals surface area contributed by atoms with Gasteiger partial charge in [0.1, 0.15) is 18.1 Å². The summed E-state index contributed by atoms with van der Waals surface area (Å²) in [4.78, 5) is 26.3. The van der Waals surface area contributed by atoms with E-state index in [0.29, 0.717) is 11.4 Å². The van der Waals surface area contributed by atoms with Crippen LogP contribution in [-0.4, -0.2) is 30.5 Å². The number of carbonyl (C=O) groups is 2. The Labute approximate surface area is 146 Å². The molecule has 25 heavy (non-hydrogen) atoms. The van der Waals surface area contributed by atoms with E-state index in [2.05, 4.69) is 5.32 Å². The maximum atomic E-state index is 12.4. The highest BCUT2D eigenvalue weighted by Crippen LogP contribution is 2.33. The second-order valence-electron chi connectivity index (χ2n) is 6.24. The Kier molecular flexibility index (Phi) is 5.07. The van der Waals surface area contributed by atoms with Gasteiger partial charge in [-0.2, -0.15) is 0 Å². The average molecular weight is 342 g/mol. The van der Waals surface area contributed by atoms with Crippen LogP contribution < -0.4 is 15.0 Å². The van der Waals surface area contributed by atoms with Crippen LogP contribution in [0.2, 0.25) is 0 Å². The molecule has 0 saturated heterocycles. The summed E-state index contributed by atoms with van der Waals surface area (Å²) in [6, 6.07) is 11.0. The van der Waals surface area contributed by atoms with Crippen molar-refractivity contribution in [2.75, 3.05) is 11.4 Å². The summed E-state index contributed by atoms with van der Waals surface area (Å²) in [6.07, 6.45) is 2.56. The van der Waals surface area contributed by atoms with Gasteiger partial charge in [0.05, 0.1) is 12.0 Å². The van der Waals surface area contributed by atoms with Gasteiger partial charge in [0, 0.05) is 12.5 Å². The van der Waals surface area contributed by atoms with Crippen LogP contribution in [-0.2, 0) is 16.0 Å². The minimum Gasteiger partial charge on any atom is -0.479 e. The van der Waals surface area contributed by atoms with Crippen LogP contribution in [0.1, 0.15) is 26.0 Å². The average Bonchev–Trinajstić information content (AvgIpc) is 3.10. The van der Waals surface area contributed by atoms with E-state index in [1.807, 2.05) is 31.2 Å². The molecule has 0 radical (unpaired) electrons. The summed E-state index contributed by atoms with van der Waals surface area (Å²) in [5.74, 6) is 1.11. The van der Waals surface area contributed by atoms with Crippen molar-refractivity contribution in [3.05, 3.63) is 48.4 Å². The molecule has 0 bridgehead atoms. The number of aryl methyl sites for hydroxylation is 1. The van der Waals surface area contributed by atoms with E-state index >= 15 is 0 Å². The monoisotopic (exact) mass is 342 g/mol. The molecule has 1 aliphatic rings. The van der Waals surface area contributed by atoms with Crippen LogP contribution >= 0.6 is 0 Å². The van der Waals surface area contributed by atoms with Crippen molar-refractivity contribution in [2.24, 2.45) is 0 Å². The maximum absolute atomic E-state index is 12.4. The second-order valence-corrected chi connectivity index (χ2v) is 6.24. The molecule has 1 aliphatic heterocycles. The van der Waals surface area contributed by atoms with Gasteiger partial charge < -0.3 is 14.5 Å². The zero-order chi connectivity index (χ0) is 17.8. The molecule has 2 heterocycles. The first-order valence-electron chi connectivity index (χ1n) is 8.43. The minimum atomic E-state index is -0.598. The number of fused-ring (bicyclic) bond motifs is 1. The fourth-order valence-corrected chi connectivity index (χ4v) is 2.87. The van der Waals surface area contributed by atoms with E-state index in [1.54, 1.807) is 25.3 Å². The predicted molar refractivity (Wildman–Crippen MR) is 93.5 cm³/mol. The van der Waals surface area contributed by atoms with Crippen LogP contribution in [0.25, 0.3) is 0 Å². The molecule has 0 saturated carbocycles. The van der Waals surface area contributed by atoms with E-state index in [-0.39, 0.29) is 24.4 Å². The fraction of sp³-hybridized carbons (Fsp3) is 0.368. The summed E-state index contributed by atoms with van der Waals surface area (Å²) >= 11 is 0. The number of nitrogens with one attached hydrogen (secondary N) is 1. The van der Waals surface area contributed by atoms with Crippen molar-refractivity contribution in [2.45, 2.75) is 38.8 Å². The standard InChI is InChI=1S/C19H22N2O4/c1-13(9-10-15-6-5-11-24-15)20-18(22)12-21-16-7-3-4-8-17(16)25-14(2)19(21)23/h3-8,11,13-14H,9-10,12H2,1-2H3,(H,20,22)/t13-,14-/m1/s1. The van der Waals surface area contributed by atoms with Crippen molar-refractivity contribution in [1.82, 2.24) is 5.32 Å². The molecule has 0 spiro atoms. The first-order chi connectivity index (χ1) is 12.0. The van der Waals surface area contributed by atoms with Crippen molar-refractivity contribution in [1.29, 1.82) is 0 Å². The quantitative estimate of drug-likeness (QED) is 0.876. The molecule has 0 aliphatic carbocycles. The van der Waals surface area contributed by atoms with Gasteiger partial charge in [0.15, 0.2) is 6.10 Å². The highest BCUT2D eigenvalue weighted by atomic mass is 16.5. The lowest BCUT2D eigenvalue weighted by Gasteiger charge is -2.32. The van der Waals surface area contributed by atoms with Gasteiger partial charge in [-0.3, -0.25) is 14.5 Å². The first kappa shape index (κ1) is 17.1. The number of amides is 2. The Bertz CT molecular complexity index is 742. The molecular weight excluding hydrogens is 320 g/mol. The van der Waals surface area contributed by atoms with Crippen molar-refractivity contribution in [3.63, 3.8) is 0 Å². The number of nitrogens with zero attached hydrogens (tertiary/aromatic N) is 1. The van der Waals surface area contributed by atoms with Crippen LogP contribution in [0.15, 0.2) is 47.1 Å². The number of rotatable bonds is 6. The number of hydrogen-bond acceptors (Lipinski definition) is 4. The summed E-state index contributed by atoms with van der Waals surface area (Å²) < 4.78 is 10.9. The van der Waals surface area contributed by atoms with Gasteiger partial charge in [-0.1, -0.05) is 12.1 Å². The Hall–Kier alpha value is -2.76. The molecule has 6 nitrogen and oxygen atoms in total. The molecule has 2 atom stereocenters. The van der Waals surface area contributed by atoms with Gasteiger partial charge in [0.25, 0.3) is 5.91 Å². The summed E-state index contributed by atoms with van der Waals surface area (Å²) in [7, 11) is 0. The Morgan fingerprint density at radius 3 is 2.84 bits per heavy atom. The Morgan fingerprint density at radius 2 is 2.08 bits per heavy atom. The predicted octanol–water partition coefficient (Wildman–Crippen LogP) is 2.53. The van der Waals surface area contributed by atoms with Gasteiger partial charge in [-0.15, -0.1) is 0 Å². The molecule has 6 heteroatoms. The van der Waals surface area contributed by atoms with Gasteiger partial charge >= 0.3 is 0 Å². The summed E-state index contributed by atoms with van der Waals surface area (Å²) in [5, 5.41) is 2.94. The van der Waals surface area contributed by atoms with Crippen molar-refractivity contribution >= 4 is 17.5 Å². The molecular formula is C19H22N2O4. The number of anilines is 1. The third-order valence-corrected chi connectivity index (χ3v) is 4.19. The summed E-state index contributed by atoms with van der Waals surface area (Å²) in [6.45, 7) is 3.61. The largest absolute Gasteiger partial charge is 0.479 e. The lowest BCUT2D eigenvalue weighted by molar-refractivity contribution is -0.128. The van der Waals surface area contributed by atoms with E-state index < -0.39 is 6.10 Å². The van der Waals surface area contributed by atoms with Crippen molar-refractivity contribution in [3.8, 4) is 5.75 Å². The lowest BCUT2D eigenvalue weighted by Crippen LogP contribution is -2.49. The van der Waals surface area contributed by atoms with Crippen LogP contribution in [0.3, 0.4) is 0 Å². The number of hydrogen-bond donors (Lipinski definition) is 1. The normalized spacial score (nSPS) is 17.6. The Morgan fingerprint density at radius 1 is 1.28 bits per heavy atom. The van der Waals surface area contributed by atoms with Crippen LogP contribution in [0.5, 0.6) is 5.75 Å². The molecule has 0 fully saturated rings. The smallest absolute Gasteiger partial charge is 0.268 e. The molecule has 1 aromatic heterocycles. The van der Waals surface area contributed by atoms with E-state index in [0.717, 1.165) is 18.6 Å². The number of furan rings is 1. The molecule has 1 aromatic carbocycles. The topological polar surface area (TPSA) is 71.8 Å². The molecule has 132 valence electrons. The Balaban J connectivity index is 1.59. The lowest BCUT2D eigenvalue weighted by atomic mass is 10.1. The number of para-hydroxylation sites is 2. The van der Waals surface area contributed by atoms with Crippen LogP contribution in [0, 0.1) is 0 Å². The maximum Gasteiger partial charge on any atom is 0.268 e. The number of carbonyl (C=O) groups excluding carboxylic acids is 2. The van der Waals surface area contributed by atoms with Gasteiger partial charge in [0.2, 0.25) is 5.91 Å². The molecule has 2 aromatic rings. The molecule has 3 rings (SSSR count). The van der Waals surface area contributed by atoms with Crippen LogP contribution in [0.4, 0.5) is 5.69 Å². The number of ether oxygens (including phenoxy) is 1. The molecule has 2 amide bonds. The second kappa shape index (κ2) is 7.42. The molecule has 0 unspecified atom stereocenters. The number of benzene rings is 1. The van der Waals surface area contributed by atoms with E-state index in [4.69, 9.17) is 9.15 Å². The highest BCUT2D eigenvalue weighted by Gasteiger charge is 2.32. The highest BCUT2D eigenvalue weighted by molar-refractivity contribution is 6.03. The minimum absolute atomic E-state index is 0.0126. The zero-order valence-corrected chi connectivity index (χ0v) is 14.4. The van der Waals surface area contributed by atoms with Crippen molar-refractivity contribution < 1.29 is 18.7 Å². The molecule has 1 N–H and O–H groups in total. The van der Waals surface area contributed by atoms with Gasteiger partial charge in [-0.25, -0.2) is 0 Å². The van der Waals surface area contributed by atoms with E-state index in [9.17, 15) is 9.59 Å². The zero-order valence-electron chi connectivity index (χ0n) is 14.4. The third kappa shape index (κ3) is 4.02. The third-order valence-electron chi connectivity index (χ3n) is 4.19. The summed E-state index contributed by atoms with van der Waals surface area (Å²) in [5.41, 5.74) is 0.629. The fourth-order valence-electron chi connectivity index (χ4n) is 2.87. The van der Waals surface area contributed by atoms with Gasteiger partial charge in [-0.05, 0) is 44.5 Å². The SMILES string of the molecule is C[C@H](CCc1ccco1)NC(=O)CN1C(=O)[C@@H](C)Oc2ccccc21. The van der Waals surface area contributed by atoms with E-state index in [1.165, 1.54) is 4.90 Å². The first-order valence-corrected chi connectivity index (χ1v) is 8.43.